The van der Waals surface area contributed by atoms with Crippen molar-refractivity contribution in [2.45, 2.75) is 57.7 Å². The summed E-state index contributed by atoms with van der Waals surface area (Å²) in [5, 5.41) is 10.5. The van der Waals surface area contributed by atoms with Crippen molar-refractivity contribution in [3.63, 3.8) is 0 Å². The van der Waals surface area contributed by atoms with Crippen LogP contribution in [0.2, 0.25) is 5.02 Å². The van der Waals surface area contributed by atoms with E-state index in [0.29, 0.717) is 6.04 Å². The Morgan fingerprint density at radius 3 is 2.90 bits per heavy atom. The highest BCUT2D eigenvalue weighted by Gasteiger charge is 2.23. The summed E-state index contributed by atoms with van der Waals surface area (Å²) in [6.07, 6.45) is 5.49. The number of aliphatic hydroxyl groups is 1. The van der Waals surface area contributed by atoms with Gasteiger partial charge in [0.2, 0.25) is 0 Å². The molecule has 0 radical (unpaired) electrons. The Morgan fingerprint density at radius 1 is 1.38 bits per heavy atom. The van der Waals surface area contributed by atoms with Crippen LogP contribution in [0.1, 0.15) is 44.6 Å². The number of hydrogen-bond donors (Lipinski definition) is 1. The highest BCUT2D eigenvalue weighted by atomic mass is 35.5. The average molecular weight is 312 g/mol. The minimum absolute atomic E-state index is 0.253. The lowest BCUT2D eigenvalue weighted by molar-refractivity contribution is 0.107. The second-order valence-corrected chi connectivity index (χ2v) is 6.45. The van der Waals surface area contributed by atoms with Gasteiger partial charge in [0, 0.05) is 23.2 Å². The normalized spacial score (nSPS) is 21.8. The molecule has 3 nitrogen and oxygen atoms in total. The monoisotopic (exact) mass is 311 g/mol. The van der Waals surface area contributed by atoms with Gasteiger partial charge >= 0.3 is 0 Å². The predicted octanol–water partition coefficient (Wildman–Crippen LogP) is 3.86. The number of methoxy groups -OCH3 is 1. The third-order valence-corrected chi connectivity index (χ3v) is 4.46. The van der Waals surface area contributed by atoms with Crippen molar-refractivity contribution in [2.24, 2.45) is 0 Å². The Hall–Kier alpha value is -0.770. The van der Waals surface area contributed by atoms with E-state index in [9.17, 15) is 5.11 Å². The molecular weight excluding hydrogens is 286 g/mol. The summed E-state index contributed by atoms with van der Waals surface area (Å²) in [7, 11) is 1.70. The van der Waals surface area contributed by atoms with Crippen molar-refractivity contribution in [3.05, 3.63) is 28.8 Å². The van der Waals surface area contributed by atoms with E-state index in [1.165, 1.54) is 19.3 Å². The van der Waals surface area contributed by atoms with Crippen molar-refractivity contribution < 1.29 is 9.84 Å². The molecule has 1 aliphatic heterocycles. The Morgan fingerprint density at radius 2 is 2.19 bits per heavy atom. The zero-order valence-electron chi connectivity index (χ0n) is 13.0. The molecule has 0 aromatic heterocycles. The second-order valence-electron chi connectivity index (χ2n) is 6.01. The van der Waals surface area contributed by atoms with Gasteiger partial charge in [-0.05, 0) is 50.9 Å². The van der Waals surface area contributed by atoms with Crippen LogP contribution in [0.4, 0.5) is 0 Å². The molecular formula is C17H26ClNO2. The second kappa shape index (κ2) is 8.02. The fourth-order valence-electron chi connectivity index (χ4n) is 3.20. The van der Waals surface area contributed by atoms with Gasteiger partial charge in [0.1, 0.15) is 5.75 Å². The molecule has 2 atom stereocenters. The Labute approximate surface area is 132 Å². The molecule has 0 spiro atoms. The standard InChI is InChI=1S/C17H26ClNO2/c1-13(20)10-16-6-4-3-5-9-19(16)12-14-11-15(18)7-8-17(14)21-2/h7-8,11,13,16,20H,3-6,9-10,12H2,1-2H3. The quantitative estimate of drug-likeness (QED) is 0.896. The molecule has 2 rings (SSSR count). The molecule has 1 heterocycles. The summed E-state index contributed by atoms with van der Waals surface area (Å²) in [6, 6.07) is 6.22. The summed E-state index contributed by atoms with van der Waals surface area (Å²) in [6.45, 7) is 3.79. The first-order valence-electron chi connectivity index (χ1n) is 7.84. The third kappa shape index (κ3) is 4.87. The number of likely N-dealkylation sites (tertiary alicyclic amines) is 1. The molecule has 1 N–H and O–H groups in total. The van der Waals surface area contributed by atoms with Crippen LogP contribution in [-0.2, 0) is 6.54 Å². The summed E-state index contributed by atoms with van der Waals surface area (Å²) in [5.41, 5.74) is 1.13. The van der Waals surface area contributed by atoms with Crippen LogP contribution in [0.15, 0.2) is 18.2 Å². The van der Waals surface area contributed by atoms with Crippen LogP contribution >= 0.6 is 11.6 Å². The lowest BCUT2D eigenvalue weighted by atomic mass is 10.0. The number of halogens is 1. The van der Waals surface area contributed by atoms with Crippen molar-refractivity contribution in [1.29, 1.82) is 0 Å². The van der Waals surface area contributed by atoms with Gasteiger partial charge in [-0.1, -0.05) is 24.4 Å². The zero-order valence-corrected chi connectivity index (χ0v) is 13.8. The molecule has 1 saturated heterocycles. The maximum Gasteiger partial charge on any atom is 0.123 e. The maximum absolute atomic E-state index is 9.75. The molecule has 0 amide bonds. The van der Waals surface area contributed by atoms with Crippen molar-refractivity contribution >= 4 is 11.6 Å². The molecule has 1 aromatic rings. The molecule has 118 valence electrons. The van der Waals surface area contributed by atoms with Crippen LogP contribution in [0.3, 0.4) is 0 Å². The molecule has 1 aromatic carbocycles. The number of benzene rings is 1. The van der Waals surface area contributed by atoms with Gasteiger partial charge in [0.05, 0.1) is 13.2 Å². The summed E-state index contributed by atoms with van der Waals surface area (Å²) in [5.74, 6) is 0.888. The van der Waals surface area contributed by atoms with E-state index in [0.717, 1.165) is 42.3 Å². The van der Waals surface area contributed by atoms with E-state index < -0.39 is 0 Å². The van der Waals surface area contributed by atoms with Gasteiger partial charge in [-0.25, -0.2) is 0 Å². The fraction of sp³-hybridized carbons (Fsp3) is 0.647. The Bertz CT molecular complexity index is 450. The molecule has 2 unspecified atom stereocenters. The third-order valence-electron chi connectivity index (χ3n) is 4.23. The van der Waals surface area contributed by atoms with Crippen LogP contribution in [0.5, 0.6) is 5.75 Å². The summed E-state index contributed by atoms with van der Waals surface area (Å²) >= 11 is 6.13. The highest BCUT2D eigenvalue weighted by Crippen LogP contribution is 2.28. The molecule has 21 heavy (non-hydrogen) atoms. The zero-order chi connectivity index (χ0) is 15.2. The van der Waals surface area contributed by atoms with Gasteiger partial charge in [-0.15, -0.1) is 0 Å². The number of rotatable bonds is 5. The number of aliphatic hydroxyl groups excluding tert-OH is 1. The Balaban J connectivity index is 2.15. The highest BCUT2D eigenvalue weighted by molar-refractivity contribution is 6.30. The molecule has 0 saturated carbocycles. The molecule has 4 heteroatoms. The van der Waals surface area contributed by atoms with Crippen LogP contribution in [0, 0.1) is 0 Å². The number of hydrogen-bond acceptors (Lipinski definition) is 3. The maximum atomic E-state index is 9.75. The first kappa shape index (κ1) is 16.6. The number of ether oxygens (including phenoxy) is 1. The summed E-state index contributed by atoms with van der Waals surface area (Å²) < 4.78 is 5.45. The topological polar surface area (TPSA) is 32.7 Å². The minimum Gasteiger partial charge on any atom is -0.496 e. The van der Waals surface area contributed by atoms with Gasteiger partial charge in [0.25, 0.3) is 0 Å². The van der Waals surface area contributed by atoms with E-state index in [-0.39, 0.29) is 6.10 Å². The smallest absolute Gasteiger partial charge is 0.123 e. The van der Waals surface area contributed by atoms with Gasteiger partial charge < -0.3 is 9.84 Å². The van der Waals surface area contributed by atoms with Crippen LogP contribution in [0.25, 0.3) is 0 Å². The van der Waals surface area contributed by atoms with E-state index in [2.05, 4.69) is 4.90 Å². The van der Waals surface area contributed by atoms with Crippen LogP contribution < -0.4 is 4.74 Å². The van der Waals surface area contributed by atoms with Crippen molar-refractivity contribution in [1.82, 2.24) is 4.90 Å². The number of nitrogens with zero attached hydrogens (tertiary/aromatic N) is 1. The molecule has 0 bridgehead atoms. The first-order valence-corrected chi connectivity index (χ1v) is 8.22. The molecule has 1 aliphatic rings. The van der Waals surface area contributed by atoms with Gasteiger partial charge in [-0.3, -0.25) is 4.90 Å². The van der Waals surface area contributed by atoms with Crippen molar-refractivity contribution in [3.8, 4) is 5.75 Å². The van der Waals surface area contributed by atoms with E-state index in [1.54, 1.807) is 7.11 Å². The van der Waals surface area contributed by atoms with Gasteiger partial charge in [-0.2, -0.15) is 0 Å². The lowest BCUT2D eigenvalue weighted by Crippen LogP contribution is -2.36. The first-order chi connectivity index (χ1) is 10.1. The minimum atomic E-state index is -0.253. The van der Waals surface area contributed by atoms with E-state index >= 15 is 0 Å². The van der Waals surface area contributed by atoms with E-state index in [1.807, 2.05) is 25.1 Å². The van der Waals surface area contributed by atoms with Crippen molar-refractivity contribution in [2.75, 3.05) is 13.7 Å². The fourth-order valence-corrected chi connectivity index (χ4v) is 3.39. The lowest BCUT2D eigenvalue weighted by Gasteiger charge is -2.31. The van der Waals surface area contributed by atoms with Gasteiger partial charge in [0.15, 0.2) is 0 Å². The molecule has 1 fully saturated rings. The SMILES string of the molecule is COc1ccc(Cl)cc1CN1CCCCCC1CC(C)O. The summed E-state index contributed by atoms with van der Waals surface area (Å²) in [4.78, 5) is 2.48. The largest absolute Gasteiger partial charge is 0.496 e. The Kier molecular flexibility index (Phi) is 6.34. The molecule has 0 aliphatic carbocycles. The average Bonchev–Trinajstić information content (AvgIpc) is 2.64. The predicted molar refractivity (Wildman–Crippen MR) is 87.0 cm³/mol. The van der Waals surface area contributed by atoms with Crippen LogP contribution in [-0.4, -0.2) is 35.8 Å². The van der Waals surface area contributed by atoms with E-state index in [4.69, 9.17) is 16.3 Å².